The zero-order chi connectivity index (χ0) is 11.5. The van der Waals surface area contributed by atoms with E-state index in [1.54, 1.807) is 0 Å². The second-order valence-electron chi connectivity index (χ2n) is 3.97. The van der Waals surface area contributed by atoms with Crippen molar-refractivity contribution in [3.05, 3.63) is 0 Å². The van der Waals surface area contributed by atoms with Gasteiger partial charge in [-0.3, -0.25) is 9.59 Å². The summed E-state index contributed by atoms with van der Waals surface area (Å²) in [5.41, 5.74) is -0.288. The number of carboxylic acids is 1. The molecule has 1 saturated heterocycles. The van der Waals surface area contributed by atoms with Gasteiger partial charge in [-0.05, 0) is 13.8 Å². The molecule has 1 aliphatic rings. The summed E-state index contributed by atoms with van der Waals surface area (Å²) in [5, 5.41) is 13.9. The maximum atomic E-state index is 11.2. The molecule has 0 saturated carbocycles. The summed E-state index contributed by atoms with van der Waals surface area (Å²) in [6, 6.07) is -0.881. The third kappa shape index (κ3) is 3.49. The van der Waals surface area contributed by atoms with E-state index in [1.165, 1.54) is 6.92 Å². The largest absolute Gasteiger partial charge is 0.480 e. The lowest BCUT2D eigenvalue weighted by Crippen LogP contribution is -2.59. The lowest BCUT2D eigenvalue weighted by atomic mass is 10.0. The van der Waals surface area contributed by atoms with Crippen molar-refractivity contribution in [2.45, 2.75) is 25.5 Å². The SMILES string of the molecule is CC(NC(=O)COC1(C)CNC1)C(=O)O. The van der Waals surface area contributed by atoms with E-state index in [-0.39, 0.29) is 12.2 Å². The maximum Gasteiger partial charge on any atom is 0.325 e. The molecule has 1 fully saturated rings. The van der Waals surface area contributed by atoms with Gasteiger partial charge in [0.15, 0.2) is 0 Å². The minimum Gasteiger partial charge on any atom is -0.480 e. The van der Waals surface area contributed by atoms with Gasteiger partial charge >= 0.3 is 5.97 Å². The summed E-state index contributed by atoms with van der Waals surface area (Å²) in [6.07, 6.45) is 0. The van der Waals surface area contributed by atoms with Gasteiger partial charge in [-0.2, -0.15) is 0 Å². The molecule has 0 bridgehead atoms. The van der Waals surface area contributed by atoms with Crippen LogP contribution >= 0.6 is 0 Å². The van der Waals surface area contributed by atoms with E-state index >= 15 is 0 Å². The number of hydrogen-bond donors (Lipinski definition) is 3. The van der Waals surface area contributed by atoms with Crippen molar-refractivity contribution in [1.82, 2.24) is 10.6 Å². The molecule has 6 heteroatoms. The average Bonchev–Trinajstić information content (AvgIpc) is 2.11. The molecule has 1 atom stereocenters. The number of rotatable bonds is 5. The number of aliphatic carboxylic acids is 1. The summed E-state index contributed by atoms with van der Waals surface area (Å²) in [6.45, 7) is 4.64. The van der Waals surface area contributed by atoms with E-state index in [2.05, 4.69) is 10.6 Å². The first kappa shape index (κ1) is 11.9. The molecular weight excluding hydrogens is 200 g/mol. The molecule has 0 aliphatic carbocycles. The number of carboxylic acid groups (broad SMARTS) is 1. The summed E-state index contributed by atoms with van der Waals surface area (Å²) in [4.78, 5) is 21.7. The number of ether oxygens (including phenoxy) is 1. The van der Waals surface area contributed by atoms with Crippen molar-refractivity contribution in [1.29, 1.82) is 0 Å². The average molecular weight is 216 g/mol. The predicted octanol–water partition coefficient (Wildman–Crippen LogP) is -1.05. The first-order valence-corrected chi connectivity index (χ1v) is 4.80. The lowest BCUT2D eigenvalue weighted by Gasteiger charge is -2.38. The third-order valence-electron chi connectivity index (χ3n) is 2.30. The van der Waals surface area contributed by atoms with Crippen LogP contribution in [0.25, 0.3) is 0 Å². The Kier molecular flexibility index (Phi) is 3.65. The van der Waals surface area contributed by atoms with E-state index in [0.29, 0.717) is 0 Å². The van der Waals surface area contributed by atoms with Crippen LogP contribution in [0.2, 0.25) is 0 Å². The molecule has 3 N–H and O–H groups in total. The smallest absolute Gasteiger partial charge is 0.325 e. The van der Waals surface area contributed by atoms with Crippen LogP contribution in [0.5, 0.6) is 0 Å². The van der Waals surface area contributed by atoms with Crippen LogP contribution in [0.4, 0.5) is 0 Å². The molecule has 0 spiro atoms. The molecule has 0 aromatic rings. The van der Waals surface area contributed by atoms with Gasteiger partial charge in [0.05, 0.1) is 5.60 Å². The Morgan fingerprint density at radius 3 is 2.60 bits per heavy atom. The number of amides is 1. The van der Waals surface area contributed by atoms with E-state index < -0.39 is 17.9 Å². The summed E-state index contributed by atoms with van der Waals surface area (Å²) >= 11 is 0. The third-order valence-corrected chi connectivity index (χ3v) is 2.30. The van der Waals surface area contributed by atoms with Gasteiger partial charge in [0.25, 0.3) is 0 Å². The van der Waals surface area contributed by atoms with Gasteiger partial charge in [-0.25, -0.2) is 0 Å². The molecule has 1 heterocycles. The van der Waals surface area contributed by atoms with Crippen LogP contribution in [0.3, 0.4) is 0 Å². The number of nitrogens with one attached hydrogen (secondary N) is 2. The van der Waals surface area contributed by atoms with E-state index in [9.17, 15) is 9.59 Å². The standard InChI is InChI=1S/C9H16N2O4/c1-6(8(13)14)11-7(12)3-15-9(2)4-10-5-9/h6,10H,3-5H2,1-2H3,(H,11,12)(H,13,14). The molecule has 0 aromatic heterocycles. The molecule has 1 aliphatic heterocycles. The molecule has 15 heavy (non-hydrogen) atoms. The van der Waals surface area contributed by atoms with Crippen LogP contribution in [0, 0.1) is 0 Å². The molecular formula is C9H16N2O4. The molecule has 0 radical (unpaired) electrons. The van der Waals surface area contributed by atoms with E-state index in [4.69, 9.17) is 9.84 Å². The van der Waals surface area contributed by atoms with Crippen LogP contribution in [-0.2, 0) is 14.3 Å². The van der Waals surface area contributed by atoms with Crippen molar-refractivity contribution >= 4 is 11.9 Å². The summed E-state index contributed by atoms with van der Waals surface area (Å²) in [5.74, 6) is -1.46. The molecule has 86 valence electrons. The highest BCUT2D eigenvalue weighted by Crippen LogP contribution is 2.14. The Balaban J connectivity index is 2.21. The fourth-order valence-corrected chi connectivity index (χ4v) is 1.16. The van der Waals surface area contributed by atoms with Gasteiger partial charge in [0.2, 0.25) is 5.91 Å². The Morgan fingerprint density at radius 2 is 2.20 bits per heavy atom. The molecule has 0 aromatic carbocycles. The molecule has 1 amide bonds. The second-order valence-corrected chi connectivity index (χ2v) is 3.97. The van der Waals surface area contributed by atoms with Gasteiger partial charge in [0, 0.05) is 13.1 Å². The van der Waals surface area contributed by atoms with Crippen molar-refractivity contribution in [2.24, 2.45) is 0 Å². The number of carbonyl (C=O) groups is 2. The van der Waals surface area contributed by atoms with E-state index in [1.807, 2.05) is 6.92 Å². The van der Waals surface area contributed by atoms with Crippen LogP contribution in [0.15, 0.2) is 0 Å². The van der Waals surface area contributed by atoms with Crippen molar-refractivity contribution in [3.63, 3.8) is 0 Å². The van der Waals surface area contributed by atoms with Gasteiger partial charge in [-0.15, -0.1) is 0 Å². The lowest BCUT2D eigenvalue weighted by molar-refractivity contribution is -0.144. The van der Waals surface area contributed by atoms with Gasteiger partial charge < -0.3 is 20.5 Å². The van der Waals surface area contributed by atoms with Crippen molar-refractivity contribution in [3.8, 4) is 0 Å². The Labute approximate surface area is 88.0 Å². The normalized spacial score (nSPS) is 20.1. The van der Waals surface area contributed by atoms with E-state index in [0.717, 1.165) is 13.1 Å². The number of hydrogen-bond acceptors (Lipinski definition) is 4. The first-order valence-electron chi connectivity index (χ1n) is 4.80. The Hall–Kier alpha value is -1.14. The zero-order valence-electron chi connectivity index (χ0n) is 8.87. The highest BCUT2D eigenvalue weighted by atomic mass is 16.5. The van der Waals surface area contributed by atoms with Gasteiger partial charge in [0.1, 0.15) is 12.6 Å². The summed E-state index contributed by atoms with van der Waals surface area (Å²) < 4.78 is 5.34. The Bertz CT molecular complexity index is 263. The molecule has 6 nitrogen and oxygen atoms in total. The second kappa shape index (κ2) is 4.59. The fraction of sp³-hybridized carbons (Fsp3) is 0.778. The zero-order valence-corrected chi connectivity index (χ0v) is 8.87. The quantitative estimate of drug-likeness (QED) is 0.546. The van der Waals surface area contributed by atoms with Crippen LogP contribution in [-0.4, -0.2) is 48.3 Å². The van der Waals surface area contributed by atoms with Crippen molar-refractivity contribution < 1.29 is 19.4 Å². The highest BCUT2D eigenvalue weighted by Gasteiger charge is 2.33. The highest BCUT2D eigenvalue weighted by molar-refractivity contribution is 5.83. The topological polar surface area (TPSA) is 87.7 Å². The minimum absolute atomic E-state index is 0.101. The molecule has 1 unspecified atom stereocenters. The Morgan fingerprint density at radius 1 is 1.60 bits per heavy atom. The maximum absolute atomic E-state index is 11.2. The van der Waals surface area contributed by atoms with Crippen LogP contribution in [0.1, 0.15) is 13.8 Å². The van der Waals surface area contributed by atoms with Crippen molar-refractivity contribution in [2.75, 3.05) is 19.7 Å². The monoisotopic (exact) mass is 216 g/mol. The summed E-state index contributed by atoms with van der Waals surface area (Å²) in [7, 11) is 0. The number of carbonyl (C=O) groups excluding carboxylic acids is 1. The minimum atomic E-state index is -1.06. The predicted molar refractivity (Wildman–Crippen MR) is 52.5 cm³/mol. The van der Waals surface area contributed by atoms with Crippen LogP contribution < -0.4 is 10.6 Å². The fourth-order valence-electron chi connectivity index (χ4n) is 1.16. The van der Waals surface area contributed by atoms with Gasteiger partial charge in [-0.1, -0.05) is 0 Å². The molecule has 1 rings (SSSR count). The first-order chi connectivity index (χ1) is 6.93.